The summed E-state index contributed by atoms with van der Waals surface area (Å²) in [7, 11) is 0. The van der Waals surface area contributed by atoms with Crippen molar-refractivity contribution in [3.63, 3.8) is 0 Å². The van der Waals surface area contributed by atoms with E-state index in [0.29, 0.717) is 30.4 Å². The third kappa shape index (κ3) is 5.00. The summed E-state index contributed by atoms with van der Waals surface area (Å²) in [6.45, 7) is 4.54. The first-order chi connectivity index (χ1) is 13.0. The van der Waals surface area contributed by atoms with Crippen molar-refractivity contribution >= 4 is 17.5 Å². The van der Waals surface area contributed by atoms with Crippen LogP contribution in [0.1, 0.15) is 11.6 Å². The van der Waals surface area contributed by atoms with Crippen molar-refractivity contribution in [2.75, 3.05) is 23.7 Å². The van der Waals surface area contributed by atoms with Crippen LogP contribution in [0.3, 0.4) is 0 Å². The Morgan fingerprint density at radius 1 is 1.19 bits per heavy atom. The van der Waals surface area contributed by atoms with Gasteiger partial charge in [-0.1, -0.05) is 6.07 Å². The van der Waals surface area contributed by atoms with Gasteiger partial charge in [0.05, 0.1) is 0 Å². The van der Waals surface area contributed by atoms with E-state index in [9.17, 15) is 9.18 Å². The van der Waals surface area contributed by atoms with Crippen molar-refractivity contribution in [1.29, 1.82) is 0 Å². The lowest BCUT2D eigenvalue weighted by Gasteiger charge is -2.11. The number of carbonyl (C=O) groups is 1. The van der Waals surface area contributed by atoms with E-state index < -0.39 is 11.8 Å². The molecule has 27 heavy (non-hydrogen) atoms. The normalized spacial score (nSPS) is 10.5. The summed E-state index contributed by atoms with van der Waals surface area (Å²) in [5.74, 6) is 2.42. The van der Waals surface area contributed by atoms with E-state index in [1.54, 1.807) is 12.3 Å². The van der Waals surface area contributed by atoms with E-state index in [-0.39, 0.29) is 0 Å². The van der Waals surface area contributed by atoms with Gasteiger partial charge in [-0.2, -0.15) is 0 Å². The summed E-state index contributed by atoms with van der Waals surface area (Å²) in [6.07, 6.45) is 3.54. The van der Waals surface area contributed by atoms with Crippen molar-refractivity contribution in [1.82, 2.24) is 24.8 Å². The number of imidazole rings is 1. The lowest BCUT2D eigenvalue weighted by atomic mass is 10.3. The highest BCUT2D eigenvalue weighted by Gasteiger charge is 2.06. The Bertz CT molecular complexity index is 941. The van der Waals surface area contributed by atoms with Crippen LogP contribution in [0, 0.1) is 19.7 Å². The largest absolute Gasteiger partial charge is 0.368 e. The topological polar surface area (TPSA) is 96.8 Å². The molecule has 0 fully saturated rings. The molecule has 2 amide bonds. The van der Waals surface area contributed by atoms with Crippen molar-refractivity contribution in [2.45, 2.75) is 13.8 Å². The first kappa shape index (κ1) is 18.3. The highest BCUT2D eigenvalue weighted by atomic mass is 19.1. The second-order valence-corrected chi connectivity index (χ2v) is 5.82. The van der Waals surface area contributed by atoms with E-state index in [4.69, 9.17) is 0 Å². The molecule has 0 unspecified atom stereocenters. The molecule has 0 aliphatic rings. The van der Waals surface area contributed by atoms with Crippen LogP contribution in [0.2, 0.25) is 0 Å². The number of anilines is 2. The molecule has 0 saturated carbocycles. The quantitative estimate of drug-likeness (QED) is 0.581. The number of urea groups is 1. The van der Waals surface area contributed by atoms with Crippen molar-refractivity contribution < 1.29 is 9.18 Å². The molecule has 9 heteroatoms. The van der Waals surface area contributed by atoms with Gasteiger partial charge in [-0.05, 0) is 32.0 Å². The van der Waals surface area contributed by atoms with Gasteiger partial charge in [0.15, 0.2) is 0 Å². The summed E-state index contributed by atoms with van der Waals surface area (Å²) >= 11 is 0. The van der Waals surface area contributed by atoms with E-state index in [0.717, 1.165) is 11.6 Å². The highest BCUT2D eigenvalue weighted by Crippen LogP contribution is 2.12. The predicted molar refractivity (Wildman–Crippen MR) is 101 cm³/mol. The molecule has 2 aromatic heterocycles. The Morgan fingerprint density at radius 2 is 2.04 bits per heavy atom. The third-order valence-corrected chi connectivity index (χ3v) is 3.70. The number of aryl methyl sites for hydroxylation is 2. The van der Waals surface area contributed by atoms with Crippen molar-refractivity contribution in [2.24, 2.45) is 0 Å². The number of aromatic nitrogens is 4. The Balaban J connectivity index is 1.51. The molecule has 0 aliphatic carbocycles. The zero-order valence-corrected chi connectivity index (χ0v) is 15.0. The number of carbonyl (C=O) groups excluding carboxylic acids is 1. The molecule has 0 aliphatic heterocycles. The lowest BCUT2D eigenvalue weighted by Crippen LogP contribution is -2.32. The molecular weight excluding hydrogens is 349 g/mol. The van der Waals surface area contributed by atoms with E-state index in [1.165, 1.54) is 18.2 Å². The fourth-order valence-electron chi connectivity index (χ4n) is 2.49. The van der Waals surface area contributed by atoms with Crippen molar-refractivity contribution in [3.05, 3.63) is 60.2 Å². The van der Waals surface area contributed by atoms with Crippen LogP contribution in [0.25, 0.3) is 5.82 Å². The van der Waals surface area contributed by atoms with Crippen LogP contribution in [0.5, 0.6) is 0 Å². The molecule has 1 aromatic carbocycles. The summed E-state index contributed by atoms with van der Waals surface area (Å²) in [5.41, 5.74) is 0.396. The average Bonchev–Trinajstić information content (AvgIpc) is 3.04. The smallest absolute Gasteiger partial charge is 0.319 e. The van der Waals surface area contributed by atoms with Crippen LogP contribution in [-0.2, 0) is 0 Å². The van der Waals surface area contributed by atoms with Gasteiger partial charge in [-0.25, -0.2) is 24.1 Å². The molecule has 3 N–H and O–H groups in total. The Kier molecular flexibility index (Phi) is 5.60. The highest BCUT2D eigenvalue weighted by molar-refractivity contribution is 5.89. The molecule has 0 atom stereocenters. The molecule has 0 spiro atoms. The van der Waals surface area contributed by atoms with Gasteiger partial charge in [-0.3, -0.25) is 4.57 Å². The number of halogens is 1. The molecule has 0 radical (unpaired) electrons. The SMILES string of the molecule is Cc1nc(NCCNC(=O)Nc2cccc(F)c2)cc(-n2ccnc2C)n1. The van der Waals surface area contributed by atoms with Gasteiger partial charge in [0.2, 0.25) is 0 Å². The number of rotatable bonds is 6. The summed E-state index contributed by atoms with van der Waals surface area (Å²) in [6, 6.07) is 7.12. The minimum Gasteiger partial charge on any atom is -0.368 e. The first-order valence-electron chi connectivity index (χ1n) is 8.41. The van der Waals surface area contributed by atoms with E-state index in [1.807, 2.05) is 30.7 Å². The average molecular weight is 369 g/mol. The van der Waals surface area contributed by atoms with E-state index >= 15 is 0 Å². The zero-order valence-electron chi connectivity index (χ0n) is 15.0. The van der Waals surface area contributed by atoms with Crippen LogP contribution in [-0.4, -0.2) is 38.6 Å². The van der Waals surface area contributed by atoms with Crippen LogP contribution in [0.4, 0.5) is 20.7 Å². The predicted octanol–water partition coefficient (Wildman–Crippen LogP) is 2.65. The Labute approximate surface area is 155 Å². The van der Waals surface area contributed by atoms with E-state index in [2.05, 4.69) is 30.9 Å². The van der Waals surface area contributed by atoms with Gasteiger partial charge >= 0.3 is 6.03 Å². The van der Waals surface area contributed by atoms with Crippen LogP contribution < -0.4 is 16.0 Å². The lowest BCUT2D eigenvalue weighted by molar-refractivity contribution is 0.252. The summed E-state index contributed by atoms with van der Waals surface area (Å²) in [5, 5.41) is 8.41. The maximum atomic E-state index is 13.1. The fourth-order valence-corrected chi connectivity index (χ4v) is 2.49. The number of benzene rings is 1. The second kappa shape index (κ2) is 8.26. The molecule has 0 saturated heterocycles. The van der Waals surface area contributed by atoms with Crippen molar-refractivity contribution in [3.8, 4) is 5.82 Å². The first-order valence-corrected chi connectivity index (χ1v) is 8.41. The maximum absolute atomic E-state index is 13.1. The number of hydrogen-bond acceptors (Lipinski definition) is 5. The van der Waals surface area contributed by atoms with Gasteiger partial charge in [0.1, 0.15) is 29.1 Å². The number of nitrogens with zero attached hydrogens (tertiary/aromatic N) is 4. The van der Waals surface area contributed by atoms with Crippen LogP contribution >= 0.6 is 0 Å². The Hall–Kier alpha value is -3.49. The molecular formula is C18H20FN7O. The minimum atomic E-state index is -0.406. The number of hydrogen-bond donors (Lipinski definition) is 3. The summed E-state index contributed by atoms with van der Waals surface area (Å²) in [4.78, 5) is 24.8. The monoisotopic (exact) mass is 369 g/mol. The van der Waals surface area contributed by atoms with Gasteiger partial charge in [-0.15, -0.1) is 0 Å². The van der Waals surface area contributed by atoms with Gasteiger partial charge in [0, 0.05) is 37.2 Å². The Morgan fingerprint density at radius 3 is 2.78 bits per heavy atom. The minimum absolute atomic E-state index is 0.365. The zero-order chi connectivity index (χ0) is 19.2. The van der Waals surface area contributed by atoms with Gasteiger partial charge in [0.25, 0.3) is 0 Å². The molecule has 8 nitrogen and oxygen atoms in total. The number of nitrogens with one attached hydrogen (secondary N) is 3. The second-order valence-electron chi connectivity index (χ2n) is 5.82. The molecule has 0 bridgehead atoms. The third-order valence-electron chi connectivity index (χ3n) is 3.70. The molecule has 140 valence electrons. The standard InChI is InChI=1S/C18H20FN7O/c1-12-23-16(11-17(24-12)26-9-8-20-13(26)2)21-6-7-22-18(27)25-15-5-3-4-14(19)10-15/h3-5,8-11H,6-7H2,1-2H3,(H,21,23,24)(H2,22,25,27). The molecule has 2 heterocycles. The maximum Gasteiger partial charge on any atom is 0.319 e. The fraction of sp³-hybridized carbons (Fsp3) is 0.222. The van der Waals surface area contributed by atoms with Crippen LogP contribution in [0.15, 0.2) is 42.7 Å². The molecule has 3 aromatic rings. The summed E-state index contributed by atoms with van der Waals surface area (Å²) < 4.78 is 15.0. The van der Waals surface area contributed by atoms with Gasteiger partial charge < -0.3 is 16.0 Å². The number of amides is 2. The molecule has 3 rings (SSSR count).